The van der Waals surface area contributed by atoms with Crippen molar-refractivity contribution in [2.75, 3.05) is 12.8 Å². The summed E-state index contributed by atoms with van der Waals surface area (Å²) in [5.74, 6) is 0.563. The summed E-state index contributed by atoms with van der Waals surface area (Å²) < 4.78 is 5.87. The van der Waals surface area contributed by atoms with Crippen LogP contribution in [0.4, 0.5) is 5.69 Å². The summed E-state index contributed by atoms with van der Waals surface area (Å²) in [5, 5.41) is 0. The van der Waals surface area contributed by atoms with Crippen molar-refractivity contribution in [1.29, 1.82) is 0 Å². The average molecular weight is 291 g/mol. The van der Waals surface area contributed by atoms with Gasteiger partial charge in [0.05, 0.1) is 12.8 Å². The number of carbonyl (C=O) groups is 1. The van der Waals surface area contributed by atoms with Gasteiger partial charge >= 0.3 is 0 Å². The van der Waals surface area contributed by atoms with Gasteiger partial charge < -0.3 is 10.5 Å². The maximum atomic E-state index is 11.1. The molecule has 2 N–H and O–H groups in total. The van der Waals surface area contributed by atoms with Crippen molar-refractivity contribution < 1.29 is 9.53 Å². The van der Waals surface area contributed by atoms with Gasteiger partial charge in [0.2, 0.25) is 0 Å². The van der Waals surface area contributed by atoms with Crippen LogP contribution >= 0.6 is 22.6 Å². The summed E-state index contributed by atoms with van der Waals surface area (Å²) in [6.45, 7) is 1.51. The van der Waals surface area contributed by atoms with E-state index in [2.05, 4.69) is 22.6 Å². The number of benzene rings is 1. The summed E-state index contributed by atoms with van der Waals surface area (Å²) in [7, 11) is 1.53. The number of hydrogen-bond donors (Lipinski definition) is 1. The number of ketones is 1. The second-order valence-electron chi connectivity index (χ2n) is 2.63. The molecular weight excluding hydrogens is 281 g/mol. The van der Waals surface area contributed by atoms with E-state index in [0.29, 0.717) is 17.0 Å². The van der Waals surface area contributed by atoms with Crippen molar-refractivity contribution in [3.8, 4) is 5.75 Å². The van der Waals surface area contributed by atoms with Gasteiger partial charge in [-0.25, -0.2) is 0 Å². The van der Waals surface area contributed by atoms with Gasteiger partial charge in [-0.1, -0.05) is 0 Å². The number of hydrogen-bond acceptors (Lipinski definition) is 3. The van der Waals surface area contributed by atoms with E-state index in [4.69, 9.17) is 10.5 Å². The zero-order valence-electron chi connectivity index (χ0n) is 7.43. The monoisotopic (exact) mass is 291 g/mol. The lowest BCUT2D eigenvalue weighted by Gasteiger charge is -2.07. The first-order chi connectivity index (χ1) is 6.06. The zero-order chi connectivity index (χ0) is 10.0. The van der Waals surface area contributed by atoms with E-state index >= 15 is 0 Å². The van der Waals surface area contributed by atoms with Gasteiger partial charge in [-0.15, -0.1) is 0 Å². The first kappa shape index (κ1) is 10.3. The Morgan fingerprint density at radius 2 is 2.15 bits per heavy atom. The molecule has 0 aliphatic carbocycles. The van der Waals surface area contributed by atoms with E-state index in [9.17, 15) is 4.79 Å². The van der Waals surface area contributed by atoms with Crippen LogP contribution in [0.15, 0.2) is 12.1 Å². The van der Waals surface area contributed by atoms with Gasteiger partial charge in [0.1, 0.15) is 5.75 Å². The number of nitrogens with two attached hydrogens (primary N) is 1. The summed E-state index contributed by atoms with van der Waals surface area (Å²) in [6, 6.07) is 3.40. The third kappa shape index (κ3) is 2.12. The highest BCUT2D eigenvalue weighted by molar-refractivity contribution is 14.1. The molecule has 1 aromatic carbocycles. The largest absolute Gasteiger partial charge is 0.495 e. The van der Waals surface area contributed by atoms with E-state index < -0.39 is 0 Å². The van der Waals surface area contributed by atoms with Gasteiger partial charge in [0.15, 0.2) is 5.78 Å². The Bertz CT molecular complexity index is 350. The van der Waals surface area contributed by atoms with E-state index in [1.807, 2.05) is 0 Å². The van der Waals surface area contributed by atoms with E-state index in [0.717, 1.165) is 3.57 Å². The minimum Gasteiger partial charge on any atom is -0.495 e. The molecule has 0 atom stereocenters. The maximum absolute atomic E-state index is 11.1. The van der Waals surface area contributed by atoms with Crippen LogP contribution in [0.1, 0.15) is 17.3 Å². The van der Waals surface area contributed by atoms with Crippen LogP contribution in [0.25, 0.3) is 0 Å². The highest BCUT2D eigenvalue weighted by atomic mass is 127. The van der Waals surface area contributed by atoms with E-state index in [1.54, 1.807) is 12.1 Å². The Morgan fingerprint density at radius 1 is 1.54 bits per heavy atom. The van der Waals surface area contributed by atoms with Crippen LogP contribution in [-0.2, 0) is 0 Å². The second kappa shape index (κ2) is 3.95. The smallest absolute Gasteiger partial charge is 0.159 e. The number of methoxy groups -OCH3 is 1. The molecule has 4 heteroatoms. The Hall–Kier alpha value is -0.780. The molecular formula is C9H10INO2. The molecule has 0 heterocycles. The molecule has 0 unspecified atom stereocenters. The molecule has 0 fully saturated rings. The van der Waals surface area contributed by atoms with Crippen LogP contribution in [0.2, 0.25) is 0 Å². The second-order valence-corrected chi connectivity index (χ2v) is 3.79. The van der Waals surface area contributed by atoms with Crippen molar-refractivity contribution in [2.45, 2.75) is 6.92 Å². The molecule has 3 nitrogen and oxygen atoms in total. The predicted octanol–water partition coefficient (Wildman–Crippen LogP) is 2.08. The highest BCUT2D eigenvalue weighted by Crippen LogP contribution is 2.28. The predicted molar refractivity (Wildman–Crippen MR) is 60.1 cm³/mol. The lowest BCUT2D eigenvalue weighted by atomic mass is 10.1. The molecule has 0 aliphatic rings. The molecule has 1 rings (SSSR count). The standard InChI is InChI=1S/C9H10INO2/c1-5(12)6-3-7(10)9(11)8(4-6)13-2/h3-4H,11H2,1-2H3. The third-order valence-corrected chi connectivity index (χ3v) is 2.61. The Kier molecular flexibility index (Phi) is 3.13. The zero-order valence-corrected chi connectivity index (χ0v) is 9.58. The lowest BCUT2D eigenvalue weighted by Crippen LogP contribution is -2.00. The number of anilines is 1. The molecule has 0 spiro atoms. The highest BCUT2D eigenvalue weighted by Gasteiger charge is 2.08. The molecule has 0 amide bonds. The normalized spacial score (nSPS) is 9.77. The number of rotatable bonds is 2. The summed E-state index contributed by atoms with van der Waals surface area (Å²) in [5.41, 5.74) is 6.92. The molecule has 70 valence electrons. The van der Waals surface area contributed by atoms with Crippen LogP contribution in [-0.4, -0.2) is 12.9 Å². The van der Waals surface area contributed by atoms with Crippen LogP contribution < -0.4 is 10.5 Å². The fourth-order valence-corrected chi connectivity index (χ4v) is 1.57. The average Bonchev–Trinajstić information content (AvgIpc) is 2.09. The van der Waals surface area contributed by atoms with Gasteiger partial charge in [-0.05, 0) is 41.6 Å². The number of Topliss-reactive ketones (excluding diaryl/α,β-unsaturated/α-hetero) is 1. The third-order valence-electron chi connectivity index (χ3n) is 1.72. The number of carbonyl (C=O) groups excluding carboxylic acids is 1. The fourth-order valence-electron chi connectivity index (χ4n) is 0.965. The van der Waals surface area contributed by atoms with Gasteiger partial charge in [-0.2, -0.15) is 0 Å². The van der Waals surface area contributed by atoms with E-state index in [-0.39, 0.29) is 5.78 Å². The summed E-state index contributed by atoms with van der Waals surface area (Å²) in [6.07, 6.45) is 0. The summed E-state index contributed by atoms with van der Waals surface area (Å²) in [4.78, 5) is 11.1. The minimum absolute atomic E-state index is 0.0104. The summed E-state index contributed by atoms with van der Waals surface area (Å²) >= 11 is 2.08. The van der Waals surface area contributed by atoms with Crippen LogP contribution in [0, 0.1) is 3.57 Å². The minimum atomic E-state index is 0.0104. The van der Waals surface area contributed by atoms with Gasteiger partial charge in [-0.3, -0.25) is 4.79 Å². The van der Waals surface area contributed by atoms with Crippen molar-refractivity contribution in [1.82, 2.24) is 0 Å². The maximum Gasteiger partial charge on any atom is 0.159 e. The fraction of sp³-hybridized carbons (Fsp3) is 0.222. The molecule has 0 aromatic heterocycles. The Labute approximate surface area is 90.4 Å². The van der Waals surface area contributed by atoms with Crippen LogP contribution in [0.5, 0.6) is 5.75 Å². The SMILES string of the molecule is COc1cc(C(C)=O)cc(I)c1N. The van der Waals surface area contributed by atoms with E-state index in [1.165, 1.54) is 14.0 Å². The topological polar surface area (TPSA) is 52.3 Å². The number of halogens is 1. The van der Waals surface area contributed by atoms with Crippen molar-refractivity contribution in [3.05, 3.63) is 21.3 Å². The molecule has 0 radical (unpaired) electrons. The first-order valence-electron chi connectivity index (χ1n) is 3.70. The van der Waals surface area contributed by atoms with Gasteiger partial charge in [0.25, 0.3) is 0 Å². The van der Waals surface area contributed by atoms with Gasteiger partial charge in [0, 0.05) is 9.13 Å². The first-order valence-corrected chi connectivity index (χ1v) is 4.78. The molecule has 0 saturated carbocycles. The lowest BCUT2D eigenvalue weighted by molar-refractivity contribution is 0.101. The molecule has 1 aromatic rings. The molecule has 0 bridgehead atoms. The number of ether oxygens (including phenoxy) is 1. The van der Waals surface area contributed by atoms with Crippen LogP contribution in [0.3, 0.4) is 0 Å². The van der Waals surface area contributed by atoms with Crippen molar-refractivity contribution in [2.24, 2.45) is 0 Å². The van der Waals surface area contributed by atoms with Crippen molar-refractivity contribution in [3.63, 3.8) is 0 Å². The molecule has 0 saturated heterocycles. The quantitative estimate of drug-likeness (QED) is 0.515. The number of nitrogen functional groups attached to an aromatic ring is 1. The molecule has 0 aliphatic heterocycles. The van der Waals surface area contributed by atoms with Crippen molar-refractivity contribution >= 4 is 34.1 Å². The Morgan fingerprint density at radius 3 is 2.62 bits per heavy atom. The molecule has 13 heavy (non-hydrogen) atoms. The Balaban J connectivity index is 3.30.